The first-order valence-corrected chi connectivity index (χ1v) is 2.36. The molecule has 0 aliphatic rings. The van der Waals surface area contributed by atoms with Crippen LogP contribution in [0.3, 0.4) is 0 Å². The largest absolute Gasteiger partial charge is 0.380 e. The molecule has 0 amide bonds. The summed E-state index contributed by atoms with van der Waals surface area (Å²) in [5.74, 6) is 0.174. The number of anilines is 1. The quantitative estimate of drug-likeness (QED) is 0.500. The van der Waals surface area contributed by atoms with E-state index in [4.69, 9.17) is 5.73 Å². The van der Waals surface area contributed by atoms with Gasteiger partial charge in [-0.1, -0.05) is 5.21 Å². The summed E-state index contributed by atoms with van der Waals surface area (Å²) < 4.78 is 1.32. The van der Waals surface area contributed by atoms with Crippen LogP contribution in [0.2, 0.25) is 0 Å². The van der Waals surface area contributed by atoms with Crippen LogP contribution in [0.4, 0.5) is 5.82 Å². The predicted molar refractivity (Wildman–Crippen MR) is 30.8 cm³/mol. The zero-order valence-electron chi connectivity index (χ0n) is 4.90. The number of carbonyl (C=O) groups is 1. The van der Waals surface area contributed by atoms with Gasteiger partial charge in [0.15, 0.2) is 12.1 Å². The molecule has 1 heterocycles. The van der Waals surface area contributed by atoms with Crippen molar-refractivity contribution in [1.29, 1.82) is 0 Å². The van der Waals surface area contributed by atoms with Gasteiger partial charge in [-0.3, -0.25) is 4.79 Å². The second-order valence-corrected chi connectivity index (χ2v) is 1.60. The van der Waals surface area contributed by atoms with E-state index >= 15 is 0 Å². The van der Waals surface area contributed by atoms with Crippen molar-refractivity contribution in [2.24, 2.45) is 7.05 Å². The Balaban J connectivity index is 3.22. The summed E-state index contributed by atoms with van der Waals surface area (Å²) in [5, 5.41) is 6.94. The highest BCUT2D eigenvalue weighted by atomic mass is 16.1. The van der Waals surface area contributed by atoms with Gasteiger partial charge in [0.2, 0.25) is 0 Å². The molecule has 0 aliphatic heterocycles. The first kappa shape index (κ1) is 5.74. The Hall–Kier alpha value is -1.39. The van der Waals surface area contributed by atoms with Gasteiger partial charge in [0.25, 0.3) is 0 Å². The van der Waals surface area contributed by atoms with Gasteiger partial charge in [-0.15, -0.1) is 5.10 Å². The van der Waals surface area contributed by atoms with E-state index < -0.39 is 0 Å². The van der Waals surface area contributed by atoms with Crippen LogP contribution >= 0.6 is 0 Å². The summed E-state index contributed by atoms with van der Waals surface area (Å²) in [4.78, 5) is 10.1. The van der Waals surface area contributed by atoms with Crippen molar-refractivity contribution in [2.75, 3.05) is 5.73 Å². The van der Waals surface area contributed by atoms with E-state index in [-0.39, 0.29) is 5.82 Å². The molecule has 1 aromatic rings. The lowest BCUT2D eigenvalue weighted by Gasteiger charge is -1.86. The van der Waals surface area contributed by atoms with Crippen LogP contribution in [0.1, 0.15) is 10.5 Å². The highest BCUT2D eigenvalue weighted by Crippen LogP contribution is 1.99. The Labute approximate surface area is 51.5 Å². The Bertz CT molecular complexity index is 209. The first-order chi connectivity index (χ1) is 4.25. The zero-order chi connectivity index (χ0) is 6.85. The molecule has 0 fully saturated rings. The summed E-state index contributed by atoms with van der Waals surface area (Å²) >= 11 is 0. The molecule has 0 bridgehead atoms. The minimum atomic E-state index is 0.174. The highest BCUT2D eigenvalue weighted by Gasteiger charge is 2.02. The smallest absolute Gasteiger partial charge is 0.176 e. The van der Waals surface area contributed by atoms with Gasteiger partial charge in [0.05, 0.1) is 0 Å². The summed E-state index contributed by atoms with van der Waals surface area (Å²) in [6.07, 6.45) is 0.620. The van der Waals surface area contributed by atoms with E-state index in [1.54, 1.807) is 7.05 Å². The molecule has 9 heavy (non-hydrogen) atoms. The average molecular weight is 126 g/mol. The maximum Gasteiger partial charge on any atom is 0.176 e. The number of rotatable bonds is 1. The van der Waals surface area contributed by atoms with Gasteiger partial charge < -0.3 is 5.73 Å². The Morgan fingerprint density at radius 2 is 2.44 bits per heavy atom. The number of nitrogen functional groups attached to an aromatic ring is 1. The van der Waals surface area contributed by atoms with Crippen LogP contribution in [0.25, 0.3) is 0 Å². The van der Waals surface area contributed by atoms with Crippen molar-refractivity contribution in [2.45, 2.75) is 0 Å². The monoisotopic (exact) mass is 126 g/mol. The second kappa shape index (κ2) is 1.85. The van der Waals surface area contributed by atoms with Crippen LogP contribution in [-0.4, -0.2) is 21.3 Å². The number of aromatic nitrogens is 3. The molecule has 0 aliphatic carbocycles. The normalized spacial score (nSPS) is 9.44. The molecule has 5 heteroatoms. The van der Waals surface area contributed by atoms with Crippen molar-refractivity contribution in [3.8, 4) is 0 Å². The van der Waals surface area contributed by atoms with Gasteiger partial charge in [-0.05, 0) is 0 Å². The first-order valence-electron chi connectivity index (χ1n) is 2.36. The molecule has 0 saturated heterocycles. The summed E-state index contributed by atoms with van der Waals surface area (Å²) in [6, 6.07) is 0. The minimum absolute atomic E-state index is 0.174. The van der Waals surface area contributed by atoms with Crippen LogP contribution in [-0.2, 0) is 7.05 Å². The standard InChI is InChI=1S/C4H6N4O/c1-8-3(2-9)4(5)6-7-8/h2H,5H2,1H3. The van der Waals surface area contributed by atoms with Crippen LogP contribution in [0.5, 0.6) is 0 Å². The SMILES string of the molecule is Cn1nnc(N)c1C=O. The average Bonchev–Trinajstić information content (AvgIpc) is 2.12. The fraction of sp³-hybridized carbons (Fsp3) is 0.250. The minimum Gasteiger partial charge on any atom is -0.380 e. The third kappa shape index (κ3) is 0.758. The van der Waals surface area contributed by atoms with Crippen molar-refractivity contribution in [3.63, 3.8) is 0 Å². The number of nitrogens with two attached hydrogens (primary N) is 1. The lowest BCUT2D eigenvalue weighted by atomic mass is 10.5. The number of hydrogen-bond acceptors (Lipinski definition) is 4. The van der Waals surface area contributed by atoms with E-state index in [2.05, 4.69) is 10.3 Å². The zero-order valence-corrected chi connectivity index (χ0v) is 4.90. The fourth-order valence-electron chi connectivity index (χ4n) is 0.517. The maximum atomic E-state index is 10.1. The third-order valence-electron chi connectivity index (χ3n) is 1.01. The number of nitrogens with zero attached hydrogens (tertiary/aromatic N) is 3. The molecule has 5 nitrogen and oxygen atoms in total. The molecule has 1 rings (SSSR count). The lowest BCUT2D eigenvalue weighted by molar-refractivity contribution is 0.111. The van der Waals surface area contributed by atoms with Gasteiger partial charge >= 0.3 is 0 Å². The van der Waals surface area contributed by atoms with Gasteiger partial charge in [0.1, 0.15) is 5.69 Å². The molecule has 0 radical (unpaired) electrons. The molecular formula is C4H6N4O. The molecular weight excluding hydrogens is 120 g/mol. The molecule has 48 valence electrons. The van der Waals surface area contributed by atoms with Crippen molar-refractivity contribution in [1.82, 2.24) is 15.0 Å². The summed E-state index contributed by atoms with van der Waals surface area (Å²) in [7, 11) is 1.60. The topological polar surface area (TPSA) is 73.8 Å². The Kier molecular flexibility index (Phi) is 1.18. The molecule has 0 aromatic carbocycles. The van der Waals surface area contributed by atoms with Crippen LogP contribution in [0, 0.1) is 0 Å². The predicted octanol–water partition coefficient (Wildman–Crippen LogP) is -0.790. The molecule has 0 spiro atoms. The molecule has 2 N–H and O–H groups in total. The Morgan fingerprint density at radius 1 is 1.78 bits per heavy atom. The van der Waals surface area contributed by atoms with E-state index in [9.17, 15) is 4.79 Å². The lowest BCUT2D eigenvalue weighted by Crippen LogP contribution is -1.98. The molecule has 0 saturated carbocycles. The Morgan fingerprint density at radius 3 is 2.67 bits per heavy atom. The third-order valence-corrected chi connectivity index (χ3v) is 1.01. The summed E-state index contributed by atoms with van der Waals surface area (Å²) in [6.45, 7) is 0. The number of aryl methyl sites for hydroxylation is 1. The number of aldehydes is 1. The summed E-state index contributed by atoms with van der Waals surface area (Å²) in [5.41, 5.74) is 5.54. The number of hydrogen-bond donors (Lipinski definition) is 1. The van der Waals surface area contributed by atoms with Crippen molar-refractivity contribution >= 4 is 12.1 Å². The van der Waals surface area contributed by atoms with E-state index in [0.29, 0.717) is 12.0 Å². The van der Waals surface area contributed by atoms with E-state index in [1.807, 2.05) is 0 Å². The molecule has 0 unspecified atom stereocenters. The molecule has 0 atom stereocenters. The van der Waals surface area contributed by atoms with Crippen LogP contribution in [0.15, 0.2) is 0 Å². The van der Waals surface area contributed by atoms with Crippen LogP contribution < -0.4 is 5.73 Å². The molecule has 1 aromatic heterocycles. The highest BCUT2D eigenvalue weighted by molar-refractivity contribution is 5.78. The van der Waals surface area contributed by atoms with Crippen molar-refractivity contribution < 1.29 is 4.79 Å². The van der Waals surface area contributed by atoms with E-state index in [1.165, 1.54) is 4.68 Å². The van der Waals surface area contributed by atoms with Gasteiger partial charge in [-0.2, -0.15) is 0 Å². The second-order valence-electron chi connectivity index (χ2n) is 1.60. The van der Waals surface area contributed by atoms with Gasteiger partial charge in [-0.25, -0.2) is 4.68 Å². The van der Waals surface area contributed by atoms with E-state index in [0.717, 1.165) is 0 Å². The number of carbonyl (C=O) groups excluding carboxylic acids is 1. The fourth-order valence-corrected chi connectivity index (χ4v) is 0.517. The van der Waals surface area contributed by atoms with Crippen molar-refractivity contribution in [3.05, 3.63) is 5.69 Å². The van der Waals surface area contributed by atoms with Gasteiger partial charge in [0, 0.05) is 7.05 Å². The maximum absolute atomic E-state index is 10.1.